The molecule has 2 aromatic rings. The van der Waals surface area contributed by atoms with Gasteiger partial charge in [0, 0.05) is 7.05 Å². The molecule has 2 rings (SSSR count). The van der Waals surface area contributed by atoms with E-state index in [0.29, 0.717) is 11.3 Å². The number of sulfone groups is 1. The SMILES string of the molecule is CNC(=O)CS(=O)(=O)Cc1ccc(OCc2ccc(F)cc2)cc1. The Morgan fingerprint density at radius 1 is 1.04 bits per heavy atom. The Bertz CT molecular complexity index is 786. The number of hydrogen-bond donors (Lipinski definition) is 1. The number of benzene rings is 2. The van der Waals surface area contributed by atoms with Gasteiger partial charge >= 0.3 is 0 Å². The Morgan fingerprint density at radius 3 is 2.21 bits per heavy atom. The van der Waals surface area contributed by atoms with Gasteiger partial charge in [0.05, 0.1) is 5.75 Å². The van der Waals surface area contributed by atoms with E-state index in [1.165, 1.54) is 19.2 Å². The van der Waals surface area contributed by atoms with Crippen molar-refractivity contribution in [1.82, 2.24) is 5.32 Å². The zero-order valence-corrected chi connectivity index (χ0v) is 14.0. The van der Waals surface area contributed by atoms with Gasteiger partial charge in [-0.3, -0.25) is 4.79 Å². The lowest BCUT2D eigenvalue weighted by molar-refractivity contribution is -0.118. The summed E-state index contributed by atoms with van der Waals surface area (Å²) >= 11 is 0. The minimum absolute atomic E-state index is 0.210. The fourth-order valence-electron chi connectivity index (χ4n) is 2.01. The molecule has 1 amide bonds. The maximum atomic E-state index is 12.8. The Kier molecular flexibility index (Phi) is 5.92. The van der Waals surface area contributed by atoms with Crippen LogP contribution in [0.25, 0.3) is 0 Å². The molecule has 0 aromatic heterocycles. The summed E-state index contributed by atoms with van der Waals surface area (Å²) in [7, 11) is -2.11. The molecule has 0 aliphatic heterocycles. The molecule has 0 bridgehead atoms. The number of rotatable bonds is 7. The fraction of sp³-hybridized carbons (Fsp3) is 0.235. The number of carbonyl (C=O) groups is 1. The lowest BCUT2D eigenvalue weighted by atomic mass is 10.2. The first-order valence-electron chi connectivity index (χ1n) is 7.25. The van der Waals surface area contributed by atoms with Crippen molar-refractivity contribution in [2.45, 2.75) is 12.4 Å². The number of ether oxygens (including phenoxy) is 1. The Labute approximate surface area is 140 Å². The van der Waals surface area contributed by atoms with Crippen LogP contribution in [-0.2, 0) is 27.0 Å². The highest BCUT2D eigenvalue weighted by Crippen LogP contribution is 2.16. The number of hydrogen-bond acceptors (Lipinski definition) is 4. The normalized spacial score (nSPS) is 11.1. The average Bonchev–Trinajstić information content (AvgIpc) is 2.55. The van der Waals surface area contributed by atoms with Crippen LogP contribution in [0.4, 0.5) is 4.39 Å². The molecular formula is C17H18FNO4S. The molecule has 5 nitrogen and oxygen atoms in total. The molecule has 0 radical (unpaired) electrons. The standard InChI is InChI=1S/C17H18FNO4S/c1-19-17(20)12-24(21,22)11-14-4-8-16(9-5-14)23-10-13-2-6-15(18)7-3-13/h2-9H,10-12H2,1H3,(H,19,20). The van der Waals surface area contributed by atoms with E-state index in [9.17, 15) is 17.6 Å². The summed E-state index contributed by atoms with van der Waals surface area (Å²) in [6.45, 7) is 0.286. The summed E-state index contributed by atoms with van der Waals surface area (Å²) in [5, 5.41) is 2.29. The van der Waals surface area contributed by atoms with Gasteiger partial charge in [0.2, 0.25) is 5.91 Å². The summed E-state index contributed by atoms with van der Waals surface area (Å²) in [6, 6.07) is 12.6. The summed E-state index contributed by atoms with van der Waals surface area (Å²) in [5.41, 5.74) is 1.40. The number of nitrogens with one attached hydrogen (secondary N) is 1. The van der Waals surface area contributed by atoms with Crippen LogP contribution in [0.5, 0.6) is 5.75 Å². The number of carbonyl (C=O) groups excluding carboxylic acids is 1. The molecule has 24 heavy (non-hydrogen) atoms. The monoisotopic (exact) mass is 351 g/mol. The molecular weight excluding hydrogens is 333 g/mol. The highest BCUT2D eigenvalue weighted by molar-refractivity contribution is 7.91. The first-order chi connectivity index (χ1) is 11.4. The van der Waals surface area contributed by atoms with E-state index < -0.39 is 21.5 Å². The summed E-state index contributed by atoms with van der Waals surface area (Å²) in [5.74, 6) is -1.01. The van der Waals surface area contributed by atoms with Gasteiger partial charge in [-0.25, -0.2) is 12.8 Å². The van der Waals surface area contributed by atoms with Gasteiger partial charge in [-0.1, -0.05) is 24.3 Å². The molecule has 2 aromatic carbocycles. The van der Waals surface area contributed by atoms with Crippen molar-refractivity contribution in [2.24, 2.45) is 0 Å². The zero-order chi connectivity index (χ0) is 17.6. The molecule has 7 heteroatoms. The zero-order valence-electron chi connectivity index (χ0n) is 13.2. The van der Waals surface area contributed by atoms with E-state index in [4.69, 9.17) is 4.74 Å². The highest BCUT2D eigenvalue weighted by Gasteiger charge is 2.16. The molecule has 1 N–H and O–H groups in total. The second kappa shape index (κ2) is 7.92. The highest BCUT2D eigenvalue weighted by atomic mass is 32.2. The van der Waals surface area contributed by atoms with Crippen LogP contribution >= 0.6 is 0 Å². The first kappa shape index (κ1) is 17.9. The van der Waals surface area contributed by atoms with Crippen LogP contribution in [0.3, 0.4) is 0 Å². The predicted octanol–water partition coefficient (Wildman–Crippen LogP) is 2.07. The number of amides is 1. The number of halogens is 1. The summed E-state index contributed by atoms with van der Waals surface area (Å²) in [6.07, 6.45) is 0. The lowest BCUT2D eigenvalue weighted by Crippen LogP contribution is -2.27. The van der Waals surface area contributed by atoms with E-state index >= 15 is 0 Å². The third-order valence-electron chi connectivity index (χ3n) is 3.26. The van der Waals surface area contributed by atoms with Crippen LogP contribution in [-0.4, -0.2) is 27.1 Å². The van der Waals surface area contributed by atoms with E-state index in [2.05, 4.69) is 5.32 Å². The maximum Gasteiger partial charge on any atom is 0.234 e. The van der Waals surface area contributed by atoms with Gasteiger partial charge in [0.15, 0.2) is 9.84 Å². The average molecular weight is 351 g/mol. The van der Waals surface area contributed by atoms with Crippen LogP contribution in [0.1, 0.15) is 11.1 Å². The molecule has 0 spiro atoms. The van der Waals surface area contributed by atoms with Crippen LogP contribution < -0.4 is 10.1 Å². The van der Waals surface area contributed by atoms with Crippen LogP contribution in [0.15, 0.2) is 48.5 Å². The van der Waals surface area contributed by atoms with Crippen LogP contribution in [0.2, 0.25) is 0 Å². The summed E-state index contributed by atoms with van der Waals surface area (Å²) in [4.78, 5) is 11.2. The first-order valence-corrected chi connectivity index (χ1v) is 9.07. The molecule has 0 unspecified atom stereocenters. The molecule has 0 heterocycles. The van der Waals surface area contributed by atoms with E-state index in [1.54, 1.807) is 36.4 Å². The minimum Gasteiger partial charge on any atom is -0.489 e. The smallest absolute Gasteiger partial charge is 0.234 e. The van der Waals surface area contributed by atoms with Crippen LogP contribution in [0, 0.1) is 5.82 Å². The third-order valence-corrected chi connectivity index (χ3v) is 4.73. The fourth-order valence-corrected chi connectivity index (χ4v) is 3.35. The van der Waals surface area contributed by atoms with Gasteiger partial charge in [0.25, 0.3) is 0 Å². The quantitative estimate of drug-likeness (QED) is 0.829. The van der Waals surface area contributed by atoms with Crippen molar-refractivity contribution in [1.29, 1.82) is 0 Å². The van der Waals surface area contributed by atoms with Gasteiger partial charge < -0.3 is 10.1 Å². The lowest BCUT2D eigenvalue weighted by Gasteiger charge is -2.08. The van der Waals surface area contributed by atoms with Gasteiger partial charge in [-0.15, -0.1) is 0 Å². The minimum atomic E-state index is -3.51. The van der Waals surface area contributed by atoms with Crippen molar-refractivity contribution in [3.05, 3.63) is 65.5 Å². The van der Waals surface area contributed by atoms with Gasteiger partial charge in [-0.05, 0) is 35.4 Å². The maximum absolute atomic E-state index is 12.8. The second-order valence-corrected chi connectivity index (χ2v) is 7.33. The van der Waals surface area contributed by atoms with Crippen molar-refractivity contribution >= 4 is 15.7 Å². The molecule has 0 atom stereocenters. The Morgan fingerprint density at radius 2 is 1.62 bits per heavy atom. The van der Waals surface area contributed by atoms with E-state index in [0.717, 1.165) is 5.56 Å². The van der Waals surface area contributed by atoms with E-state index in [1.807, 2.05) is 0 Å². The summed E-state index contributed by atoms with van der Waals surface area (Å²) < 4.78 is 42.1. The van der Waals surface area contributed by atoms with Crippen molar-refractivity contribution in [2.75, 3.05) is 12.8 Å². The third kappa shape index (κ3) is 5.66. The van der Waals surface area contributed by atoms with E-state index in [-0.39, 0.29) is 18.2 Å². The van der Waals surface area contributed by atoms with Crippen molar-refractivity contribution < 1.29 is 22.3 Å². The molecule has 0 saturated carbocycles. The Hall–Kier alpha value is -2.41. The van der Waals surface area contributed by atoms with Gasteiger partial charge in [-0.2, -0.15) is 0 Å². The molecule has 0 saturated heterocycles. The largest absolute Gasteiger partial charge is 0.489 e. The van der Waals surface area contributed by atoms with Gasteiger partial charge in [0.1, 0.15) is 23.9 Å². The molecule has 0 aliphatic carbocycles. The molecule has 0 aliphatic rings. The Balaban J connectivity index is 1.93. The molecule has 128 valence electrons. The topological polar surface area (TPSA) is 72.5 Å². The van der Waals surface area contributed by atoms with Crippen molar-refractivity contribution in [3.63, 3.8) is 0 Å². The second-order valence-electron chi connectivity index (χ2n) is 5.26. The molecule has 0 fully saturated rings. The van der Waals surface area contributed by atoms with Crippen molar-refractivity contribution in [3.8, 4) is 5.75 Å². The predicted molar refractivity (Wildman–Crippen MR) is 88.7 cm³/mol.